The van der Waals surface area contributed by atoms with Crippen molar-refractivity contribution in [1.82, 2.24) is 10.2 Å². The first-order valence-corrected chi connectivity index (χ1v) is 8.72. The minimum atomic E-state index is -0.256. The quantitative estimate of drug-likeness (QED) is 0.664. The van der Waals surface area contributed by atoms with Gasteiger partial charge in [0.25, 0.3) is 0 Å². The summed E-state index contributed by atoms with van der Waals surface area (Å²) in [4.78, 5) is 0. The van der Waals surface area contributed by atoms with Crippen molar-refractivity contribution in [3.05, 3.63) is 54.0 Å². The lowest BCUT2D eigenvalue weighted by Crippen LogP contribution is -2.24. The third-order valence-corrected chi connectivity index (χ3v) is 4.80. The van der Waals surface area contributed by atoms with Crippen LogP contribution in [-0.2, 0) is 4.74 Å². The van der Waals surface area contributed by atoms with E-state index in [4.69, 9.17) is 4.74 Å². The Labute approximate surface area is 151 Å². The summed E-state index contributed by atoms with van der Waals surface area (Å²) >= 11 is 0. The molecule has 1 aromatic heterocycles. The number of aromatic amines is 1. The van der Waals surface area contributed by atoms with E-state index >= 15 is 0 Å². The Bertz CT molecular complexity index is 976. The standard InChI is InChI=1S/C21H20FN3O/c1-21(8-10-26-11-9-21)7-6-15-12-20-16(14-23-25-20)13-19(15)24-18-4-2-17(22)3-5-18/h2-5,12-14,24H,8-11H2,1H3,(H,23,25). The van der Waals surface area contributed by atoms with Gasteiger partial charge in [-0.3, -0.25) is 5.10 Å². The van der Waals surface area contributed by atoms with Gasteiger partial charge in [0.1, 0.15) is 5.82 Å². The van der Waals surface area contributed by atoms with Gasteiger partial charge < -0.3 is 10.1 Å². The van der Waals surface area contributed by atoms with Crippen LogP contribution in [0, 0.1) is 23.1 Å². The summed E-state index contributed by atoms with van der Waals surface area (Å²) in [6, 6.07) is 10.3. The smallest absolute Gasteiger partial charge is 0.123 e. The fourth-order valence-corrected chi connectivity index (χ4v) is 3.05. The van der Waals surface area contributed by atoms with Crippen LogP contribution < -0.4 is 5.32 Å². The van der Waals surface area contributed by atoms with E-state index in [0.717, 1.165) is 53.9 Å². The fraction of sp³-hybridized carbons (Fsp3) is 0.286. The Kier molecular flexibility index (Phi) is 4.36. The van der Waals surface area contributed by atoms with Crippen LogP contribution in [0.15, 0.2) is 42.6 Å². The van der Waals surface area contributed by atoms with Gasteiger partial charge in [-0.15, -0.1) is 0 Å². The van der Waals surface area contributed by atoms with Crippen molar-refractivity contribution in [2.75, 3.05) is 18.5 Å². The summed E-state index contributed by atoms with van der Waals surface area (Å²) in [5.74, 6) is 6.53. The topological polar surface area (TPSA) is 49.9 Å². The van der Waals surface area contributed by atoms with E-state index in [1.165, 1.54) is 12.1 Å². The van der Waals surface area contributed by atoms with Crippen LogP contribution in [-0.4, -0.2) is 23.4 Å². The molecule has 132 valence electrons. The van der Waals surface area contributed by atoms with Crippen molar-refractivity contribution in [2.24, 2.45) is 5.41 Å². The van der Waals surface area contributed by atoms with Gasteiger partial charge in [0.2, 0.25) is 0 Å². The molecule has 0 unspecified atom stereocenters. The Balaban J connectivity index is 1.71. The average molecular weight is 349 g/mol. The number of anilines is 2. The molecule has 0 aliphatic carbocycles. The second-order valence-electron chi connectivity index (χ2n) is 6.91. The normalized spacial score (nSPS) is 16.1. The molecule has 4 rings (SSSR count). The van der Waals surface area contributed by atoms with Gasteiger partial charge in [-0.05, 0) is 56.2 Å². The molecule has 2 heterocycles. The lowest BCUT2D eigenvalue weighted by molar-refractivity contribution is 0.0487. The number of hydrogen-bond donors (Lipinski definition) is 2. The number of halogens is 1. The summed E-state index contributed by atoms with van der Waals surface area (Å²) in [6.07, 6.45) is 3.65. The van der Waals surface area contributed by atoms with Crippen molar-refractivity contribution < 1.29 is 9.13 Å². The van der Waals surface area contributed by atoms with Crippen LogP contribution in [0.3, 0.4) is 0 Å². The molecule has 1 fully saturated rings. The van der Waals surface area contributed by atoms with Crippen LogP contribution >= 0.6 is 0 Å². The number of nitrogens with one attached hydrogen (secondary N) is 2. The second-order valence-corrected chi connectivity index (χ2v) is 6.91. The highest BCUT2D eigenvalue weighted by atomic mass is 19.1. The van der Waals surface area contributed by atoms with E-state index < -0.39 is 0 Å². The molecule has 1 aliphatic heterocycles. The number of fused-ring (bicyclic) bond motifs is 1. The highest BCUT2D eigenvalue weighted by molar-refractivity contribution is 5.86. The van der Waals surface area contributed by atoms with Crippen LogP contribution in [0.25, 0.3) is 10.9 Å². The fourth-order valence-electron chi connectivity index (χ4n) is 3.05. The number of hydrogen-bond acceptors (Lipinski definition) is 3. The maximum Gasteiger partial charge on any atom is 0.123 e. The van der Waals surface area contributed by atoms with Gasteiger partial charge in [-0.25, -0.2) is 4.39 Å². The molecule has 0 saturated carbocycles. The first-order chi connectivity index (χ1) is 12.6. The number of benzene rings is 2. The van der Waals surface area contributed by atoms with E-state index in [1.54, 1.807) is 18.3 Å². The predicted molar refractivity (Wildman–Crippen MR) is 101 cm³/mol. The molecular weight excluding hydrogens is 329 g/mol. The van der Waals surface area contributed by atoms with Crippen LogP contribution in [0.2, 0.25) is 0 Å². The third kappa shape index (κ3) is 3.56. The lowest BCUT2D eigenvalue weighted by atomic mass is 9.83. The number of H-pyrrole nitrogens is 1. The largest absolute Gasteiger partial charge is 0.381 e. The predicted octanol–water partition coefficient (Wildman–Crippen LogP) is 4.61. The zero-order valence-electron chi connectivity index (χ0n) is 14.6. The summed E-state index contributed by atoms with van der Waals surface area (Å²) < 4.78 is 18.6. The maximum absolute atomic E-state index is 13.2. The van der Waals surface area contributed by atoms with E-state index in [-0.39, 0.29) is 11.2 Å². The van der Waals surface area contributed by atoms with Crippen molar-refractivity contribution >= 4 is 22.3 Å². The Hall–Kier alpha value is -2.84. The molecule has 0 bridgehead atoms. The molecule has 1 aliphatic rings. The van der Waals surface area contributed by atoms with Crippen LogP contribution in [0.4, 0.5) is 15.8 Å². The van der Waals surface area contributed by atoms with Crippen molar-refractivity contribution in [2.45, 2.75) is 19.8 Å². The van der Waals surface area contributed by atoms with Gasteiger partial charge in [0.05, 0.1) is 23.0 Å². The molecule has 0 radical (unpaired) electrons. The van der Waals surface area contributed by atoms with E-state index in [1.807, 2.05) is 12.1 Å². The minimum absolute atomic E-state index is 0.0334. The van der Waals surface area contributed by atoms with Crippen LogP contribution in [0.1, 0.15) is 25.3 Å². The maximum atomic E-state index is 13.2. The molecule has 1 saturated heterocycles. The van der Waals surface area contributed by atoms with Gasteiger partial charge in [0, 0.05) is 29.7 Å². The molecule has 26 heavy (non-hydrogen) atoms. The summed E-state index contributed by atoms with van der Waals surface area (Å²) in [5, 5.41) is 11.4. The zero-order valence-corrected chi connectivity index (χ0v) is 14.6. The highest BCUT2D eigenvalue weighted by Crippen LogP contribution is 2.30. The van der Waals surface area contributed by atoms with Crippen molar-refractivity contribution in [1.29, 1.82) is 0 Å². The Morgan fingerprint density at radius 2 is 1.96 bits per heavy atom. The molecular formula is C21H20FN3O. The highest BCUT2D eigenvalue weighted by Gasteiger charge is 2.24. The summed E-state index contributed by atoms with van der Waals surface area (Å²) in [5.41, 5.74) is 3.49. The monoisotopic (exact) mass is 349 g/mol. The molecule has 2 N–H and O–H groups in total. The Morgan fingerprint density at radius 1 is 1.19 bits per heavy atom. The van der Waals surface area contributed by atoms with Gasteiger partial charge in [-0.1, -0.05) is 11.8 Å². The molecule has 3 aromatic rings. The molecule has 0 amide bonds. The third-order valence-electron chi connectivity index (χ3n) is 4.80. The Morgan fingerprint density at radius 3 is 2.73 bits per heavy atom. The number of rotatable bonds is 2. The zero-order chi connectivity index (χ0) is 18.0. The van der Waals surface area contributed by atoms with E-state index in [9.17, 15) is 4.39 Å². The summed E-state index contributed by atoms with van der Waals surface area (Å²) in [6.45, 7) is 3.70. The number of ether oxygens (including phenoxy) is 1. The molecule has 2 aromatic carbocycles. The van der Waals surface area contributed by atoms with Gasteiger partial charge in [-0.2, -0.15) is 5.10 Å². The SMILES string of the molecule is CC1(C#Cc2cc3[nH]ncc3cc2Nc2ccc(F)cc2)CCOCC1. The summed E-state index contributed by atoms with van der Waals surface area (Å²) in [7, 11) is 0. The van der Waals surface area contributed by atoms with Crippen molar-refractivity contribution in [3.63, 3.8) is 0 Å². The van der Waals surface area contributed by atoms with Crippen molar-refractivity contribution in [3.8, 4) is 11.8 Å². The minimum Gasteiger partial charge on any atom is -0.381 e. The van der Waals surface area contributed by atoms with Gasteiger partial charge >= 0.3 is 0 Å². The first-order valence-electron chi connectivity index (χ1n) is 8.72. The number of aromatic nitrogens is 2. The molecule has 0 spiro atoms. The molecule has 0 atom stereocenters. The average Bonchev–Trinajstić information content (AvgIpc) is 3.09. The lowest BCUT2D eigenvalue weighted by Gasteiger charge is -2.28. The molecule has 5 heteroatoms. The van der Waals surface area contributed by atoms with Crippen LogP contribution in [0.5, 0.6) is 0 Å². The first kappa shape index (κ1) is 16.6. The molecule has 4 nitrogen and oxygen atoms in total. The van der Waals surface area contributed by atoms with E-state index in [0.29, 0.717) is 0 Å². The van der Waals surface area contributed by atoms with Gasteiger partial charge in [0.15, 0.2) is 0 Å². The van der Waals surface area contributed by atoms with E-state index in [2.05, 4.69) is 34.3 Å². The number of nitrogens with zero attached hydrogens (tertiary/aromatic N) is 1. The second kappa shape index (κ2) is 6.81.